The van der Waals surface area contributed by atoms with E-state index in [-0.39, 0.29) is 0 Å². The van der Waals surface area contributed by atoms with Crippen molar-refractivity contribution >= 4 is 11.9 Å². The van der Waals surface area contributed by atoms with Gasteiger partial charge in [-0.25, -0.2) is 0 Å². The summed E-state index contributed by atoms with van der Waals surface area (Å²) in [4.78, 5) is 20.4. The van der Waals surface area contributed by atoms with Gasteiger partial charge >= 0.3 is 11.9 Å². The van der Waals surface area contributed by atoms with Gasteiger partial charge in [-0.3, -0.25) is 9.59 Å². The molecule has 2 aliphatic rings. The van der Waals surface area contributed by atoms with Gasteiger partial charge in [-0.2, -0.15) is 0 Å². The minimum absolute atomic E-state index is 0.539. The van der Waals surface area contributed by atoms with Crippen LogP contribution in [-0.4, -0.2) is 69.7 Å². The summed E-state index contributed by atoms with van der Waals surface area (Å²) in [5.74, 6) is -1.94. The van der Waals surface area contributed by atoms with Gasteiger partial charge < -0.3 is 31.1 Å². The Hall–Kier alpha value is -1.22. The fourth-order valence-electron chi connectivity index (χ4n) is 1.88. The predicted octanol–water partition coefficient (Wildman–Crippen LogP) is -2.41. The molecule has 0 unspecified atom stereocenters. The van der Waals surface area contributed by atoms with Gasteiger partial charge in [-0.05, 0) is 25.9 Å². The molecule has 0 saturated carbocycles. The van der Waals surface area contributed by atoms with Gasteiger partial charge in [0.25, 0.3) is 0 Å². The molecule has 8 heteroatoms. The summed E-state index contributed by atoms with van der Waals surface area (Å²) in [6, 6.07) is -1.49. The molecule has 4 atom stereocenters. The van der Waals surface area contributed by atoms with Crippen molar-refractivity contribution in [1.29, 1.82) is 0 Å². The Labute approximate surface area is 104 Å². The molecule has 0 aliphatic carbocycles. The number of aliphatic carboxylic acids is 2. The van der Waals surface area contributed by atoms with Crippen molar-refractivity contribution in [2.75, 3.05) is 13.1 Å². The van der Waals surface area contributed by atoms with E-state index in [2.05, 4.69) is 10.6 Å². The first kappa shape index (κ1) is 14.8. The second-order valence-electron chi connectivity index (χ2n) is 4.25. The molecular weight excluding hydrogens is 244 g/mol. The lowest BCUT2D eigenvalue weighted by Gasteiger charge is -2.06. The molecule has 0 radical (unpaired) electrons. The molecule has 104 valence electrons. The molecule has 6 N–H and O–H groups in total. The first-order chi connectivity index (χ1) is 8.43. The largest absolute Gasteiger partial charge is 0.480 e. The van der Waals surface area contributed by atoms with Gasteiger partial charge in [0, 0.05) is 0 Å². The van der Waals surface area contributed by atoms with Crippen LogP contribution in [0.5, 0.6) is 0 Å². The van der Waals surface area contributed by atoms with Crippen molar-refractivity contribution in [3.05, 3.63) is 0 Å². The van der Waals surface area contributed by atoms with Crippen LogP contribution < -0.4 is 10.6 Å². The van der Waals surface area contributed by atoms with Crippen LogP contribution in [0.25, 0.3) is 0 Å². The highest BCUT2D eigenvalue weighted by atomic mass is 16.4. The van der Waals surface area contributed by atoms with Crippen LogP contribution in [0.1, 0.15) is 12.8 Å². The standard InChI is InChI=1S/2C5H9NO3/c2*7-3-1-2-6-4(3)5(8)9/h2*3-4,6-7H,1-2H2,(H,8,9)/t2*3-,4+/m10/s1. The lowest BCUT2D eigenvalue weighted by atomic mass is 10.2. The number of rotatable bonds is 2. The van der Waals surface area contributed by atoms with Crippen molar-refractivity contribution < 1.29 is 30.0 Å². The quantitative estimate of drug-likeness (QED) is 0.323. The lowest BCUT2D eigenvalue weighted by Crippen LogP contribution is -2.38. The summed E-state index contributed by atoms with van der Waals surface area (Å²) in [5, 5.41) is 39.9. The van der Waals surface area contributed by atoms with Gasteiger partial charge in [-0.15, -0.1) is 0 Å². The van der Waals surface area contributed by atoms with Crippen LogP contribution in [-0.2, 0) is 9.59 Å². The third kappa shape index (κ3) is 3.91. The van der Waals surface area contributed by atoms with Gasteiger partial charge in [-0.1, -0.05) is 0 Å². The van der Waals surface area contributed by atoms with E-state index >= 15 is 0 Å². The maximum Gasteiger partial charge on any atom is 0.323 e. The van der Waals surface area contributed by atoms with Crippen LogP contribution in [0.4, 0.5) is 0 Å². The van der Waals surface area contributed by atoms with Gasteiger partial charge in [0.05, 0.1) is 12.2 Å². The van der Waals surface area contributed by atoms with Crippen molar-refractivity contribution in [3.63, 3.8) is 0 Å². The normalized spacial score (nSPS) is 34.8. The summed E-state index contributed by atoms with van der Waals surface area (Å²) in [6.07, 6.45) is -0.335. The second kappa shape index (κ2) is 6.64. The first-order valence-corrected chi connectivity index (χ1v) is 5.72. The van der Waals surface area contributed by atoms with E-state index in [1.165, 1.54) is 0 Å². The Bertz CT molecular complexity index is 281. The van der Waals surface area contributed by atoms with E-state index in [9.17, 15) is 9.59 Å². The third-order valence-electron chi connectivity index (χ3n) is 2.91. The average Bonchev–Trinajstić information content (AvgIpc) is 2.87. The molecule has 0 bridgehead atoms. The molecule has 2 saturated heterocycles. The molecule has 2 fully saturated rings. The number of hydrogen-bond donors (Lipinski definition) is 6. The second-order valence-corrected chi connectivity index (χ2v) is 4.25. The molecule has 0 aromatic carbocycles. The highest BCUT2D eigenvalue weighted by molar-refractivity contribution is 5.75. The fraction of sp³-hybridized carbons (Fsp3) is 0.800. The fourth-order valence-corrected chi connectivity index (χ4v) is 1.88. The average molecular weight is 262 g/mol. The Morgan fingerprint density at radius 1 is 0.833 bits per heavy atom. The number of carboxylic acid groups (broad SMARTS) is 2. The maximum atomic E-state index is 10.2. The molecule has 8 nitrogen and oxygen atoms in total. The van der Waals surface area contributed by atoms with Crippen LogP contribution in [0, 0.1) is 0 Å². The van der Waals surface area contributed by atoms with E-state index in [0.29, 0.717) is 25.9 Å². The highest BCUT2D eigenvalue weighted by Crippen LogP contribution is 2.06. The van der Waals surface area contributed by atoms with E-state index < -0.39 is 36.2 Å². The molecule has 0 aromatic rings. The third-order valence-corrected chi connectivity index (χ3v) is 2.91. The van der Waals surface area contributed by atoms with Crippen molar-refractivity contribution in [2.45, 2.75) is 37.1 Å². The SMILES string of the molecule is O=C(O)[C@@H]1NCC[C@@H]1O.O=C(O)[C@H]1NCC[C@H]1O. The van der Waals surface area contributed by atoms with Crippen LogP contribution in [0.15, 0.2) is 0 Å². The zero-order valence-electron chi connectivity index (χ0n) is 9.74. The Kier molecular flexibility index (Phi) is 5.48. The van der Waals surface area contributed by atoms with Crippen LogP contribution in [0.2, 0.25) is 0 Å². The number of aliphatic hydroxyl groups excluding tert-OH is 2. The zero-order valence-corrected chi connectivity index (χ0v) is 9.74. The zero-order chi connectivity index (χ0) is 13.7. The number of aliphatic hydroxyl groups is 2. The van der Waals surface area contributed by atoms with E-state index in [0.717, 1.165) is 0 Å². The van der Waals surface area contributed by atoms with Gasteiger partial charge in [0.1, 0.15) is 12.1 Å². The molecule has 0 amide bonds. The monoisotopic (exact) mass is 262 g/mol. The molecular formula is C10H18N2O6. The summed E-state index contributed by atoms with van der Waals surface area (Å²) in [6.45, 7) is 1.19. The Morgan fingerprint density at radius 3 is 1.28 bits per heavy atom. The van der Waals surface area contributed by atoms with Gasteiger partial charge in [0.15, 0.2) is 0 Å². The lowest BCUT2D eigenvalue weighted by molar-refractivity contribution is -0.142. The van der Waals surface area contributed by atoms with Crippen LogP contribution >= 0.6 is 0 Å². The first-order valence-electron chi connectivity index (χ1n) is 5.72. The summed E-state index contributed by atoms with van der Waals surface area (Å²) in [5.41, 5.74) is 0. The van der Waals surface area contributed by atoms with Gasteiger partial charge in [0.2, 0.25) is 0 Å². The predicted molar refractivity (Wildman–Crippen MR) is 60.1 cm³/mol. The molecule has 0 aromatic heterocycles. The van der Waals surface area contributed by atoms with Crippen molar-refractivity contribution in [1.82, 2.24) is 10.6 Å². The topological polar surface area (TPSA) is 139 Å². The van der Waals surface area contributed by atoms with E-state index in [1.54, 1.807) is 0 Å². The molecule has 2 rings (SSSR count). The molecule has 2 aliphatic heterocycles. The summed E-state index contributed by atoms with van der Waals surface area (Å²) >= 11 is 0. The number of hydrogen-bond acceptors (Lipinski definition) is 6. The number of carboxylic acids is 2. The minimum Gasteiger partial charge on any atom is -0.480 e. The van der Waals surface area contributed by atoms with Crippen molar-refractivity contribution in [2.24, 2.45) is 0 Å². The number of nitrogens with one attached hydrogen (secondary N) is 2. The molecule has 2 heterocycles. The van der Waals surface area contributed by atoms with Crippen LogP contribution in [0.3, 0.4) is 0 Å². The molecule has 0 spiro atoms. The highest BCUT2D eigenvalue weighted by Gasteiger charge is 2.31. The van der Waals surface area contributed by atoms with E-state index in [1.807, 2.05) is 0 Å². The number of carbonyl (C=O) groups is 2. The molecule has 18 heavy (non-hydrogen) atoms. The van der Waals surface area contributed by atoms with E-state index in [4.69, 9.17) is 20.4 Å². The Balaban J connectivity index is 0.000000180. The smallest absolute Gasteiger partial charge is 0.323 e. The summed E-state index contributed by atoms with van der Waals surface area (Å²) < 4.78 is 0. The minimum atomic E-state index is -0.972. The Morgan fingerprint density at radius 2 is 1.17 bits per heavy atom. The summed E-state index contributed by atoms with van der Waals surface area (Å²) in [7, 11) is 0. The van der Waals surface area contributed by atoms with Crippen molar-refractivity contribution in [3.8, 4) is 0 Å². The maximum absolute atomic E-state index is 10.2.